The van der Waals surface area contributed by atoms with Gasteiger partial charge in [0, 0.05) is 11.5 Å². The summed E-state index contributed by atoms with van der Waals surface area (Å²) in [7, 11) is 0. The Morgan fingerprint density at radius 3 is 2.59 bits per heavy atom. The highest BCUT2D eigenvalue weighted by atomic mass is 16.4. The maximum absolute atomic E-state index is 12.5. The van der Waals surface area contributed by atoms with Gasteiger partial charge in [-0.1, -0.05) is 19.1 Å². The Labute approximate surface area is 170 Å². The van der Waals surface area contributed by atoms with Gasteiger partial charge >= 0.3 is 5.63 Å². The Kier molecular flexibility index (Phi) is 4.08. The molecule has 156 valence electrons. The van der Waals surface area contributed by atoms with Gasteiger partial charge in [0.05, 0.1) is 22.9 Å². The van der Waals surface area contributed by atoms with Gasteiger partial charge in [-0.15, -0.1) is 0 Å². The average molecular weight is 398 g/mol. The molecular formula is C24H30O5. The van der Waals surface area contributed by atoms with Gasteiger partial charge in [-0.25, -0.2) is 4.79 Å². The number of aliphatic hydroxyl groups is 2. The first-order valence-corrected chi connectivity index (χ1v) is 11.0. The minimum absolute atomic E-state index is 0.000976. The van der Waals surface area contributed by atoms with Crippen LogP contribution in [0.15, 0.2) is 39.8 Å². The van der Waals surface area contributed by atoms with Crippen LogP contribution in [0.25, 0.3) is 0 Å². The summed E-state index contributed by atoms with van der Waals surface area (Å²) in [5.41, 5.74) is -2.48. The van der Waals surface area contributed by atoms with E-state index >= 15 is 0 Å². The number of hydrogen-bond donors (Lipinski definition) is 2. The number of hydrogen-bond acceptors (Lipinski definition) is 5. The average Bonchev–Trinajstić information content (AvgIpc) is 2.99. The molecule has 1 aromatic heterocycles. The van der Waals surface area contributed by atoms with Gasteiger partial charge in [-0.05, 0) is 80.8 Å². The number of allylic oxidation sites excluding steroid dienone is 1. The monoisotopic (exact) mass is 398 g/mol. The van der Waals surface area contributed by atoms with Crippen molar-refractivity contribution in [1.82, 2.24) is 0 Å². The lowest BCUT2D eigenvalue weighted by molar-refractivity contribution is -0.222. The quantitative estimate of drug-likeness (QED) is 0.589. The molecule has 7 atom stereocenters. The van der Waals surface area contributed by atoms with Crippen LogP contribution in [-0.4, -0.2) is 27.7 Å². The smallest absolute Gasteiger partial charge is 0.335 e. The SMILES string of the molecule is C[C@]12CC[C@H]3[C@@H](CC[C@]4(O)C=CCC[C@]34C=O)[C@@]1(O)CC[C@@H]2c1ccc(=O)oc1. The standard InChI is InChI=1S/C24H30O5/c1-21-11-6-18-19(7-12-23(27)10-3-2-9-22(18,23)15-25)24(21,28)13-8-17(21)16-4-5-20(26)29-14-16/h3-5,10,14-15,17-19,27-28H,2,6-9,11-13H2,1H3/t17-,18+,19-,21-,22+,23-,24+/m1/s1. The summed E-state index contributed by atoms with van der Waals surface area (Å²) in [5, 5.41) is 23.5. The lowest BCUT2D eigenvalue weighted by Gasteiger charge is -2.63. The first-order chi connectivity index (χ1) is 13.8. The maximum Gasteiger partial charge on any atom is 0.335 e. The van der Waals surface area contributed by atoms with Gasteiger partial charge in [0.2, 0.25) is 0 Å². The molecule has 1 heterocycles. The Hall–Kier alpha value is -1.72. The third-order valence-corrected chi connectivity index (χ3v) is 9.40. The van der Waals surface area contributed by atoms with E-state index in [2.05, 4.69) is 6.92 Å². The molecule has 0 amide bonds. The lowest BCUT2D eigenvalue weighted by Crippen LogP contribution is -2.67. The van der Waals surface area contributed by atoms with E-state index in [9.17, 15) is 19.8 Å². The minimum Gasteiger partial charge on any atom is -0.431 e. The largest absolute Gasteiger partial charge is 0.431 e. The van der Waals surface area contributed by atoms with Crippen LogP contribution in [0.5, 0.6) is 0 Å². The van der Waals surface area contributed by atoms with Crippen LogP contribution in [0.3, 0.4) is 0 Å². The third kappa shape index (κ3) is 2.29. The van der Waals surface area contributed by atoms with Crippen molar-refractivity contribution >= 4 is 6.29 Å². The number of fused-ring (bicyclic) bond motifs is 5. The van der Waals surface area contributed by atoms with Crippen LogP contribution in [0, 0.1) is 22.7 Å². The predicted octanol–water partition coefficient (Wildman–Crippen LogP) is 3.34. The lowest BCUT2D eigenvalue weighted by atomic mass is 9.42. The molecule has 29 heavy (non-hydrogen) atoms. The van der Waals surface area contributed by atoms with Gasteiger partial charge in [-0.3, -0.25) is 0 Å². The first-order valence-electron chi connectivity index (χ1n) is 11.0. The minimum atomic E-state index is -1.08. The fraction of sp³-hybridized carbons (Fsp3) is 0.667. The molecular weight excluding hydrogens is 368 g/mol. The Morgan fingerprint density at radius 2 is 1.86 bits per heavy atom. The molecule has 5 nitrogen and oxygen atoms in total. The highest BCUT2D eigenvalue weighted by molar-refractivity contribution is 5.65. The fourth-order valence-electron chi connectivity index (χ4n) is 7.84. The fourth-order valence-corrected chi connectivity index (χ4v) is 7.84. The molecule has 0 aliphatic heterocycles. The summed E-state index contributed by atoms with van der Waals surface area (Å²) in [6, 6.07) is 3.29. The summed E-state index contributed by atoms with van der Waals surface area (Å²) < 4.78 is 5.13. The third-order valence-electron chi connectivity index (χ3n) is 9.40. The highest BCUT2D eigenvalue weighted by Crippen LogP contribution is 2.70. The second-order valence-electron chi connectivity index (χ2n) is 10.1. The van der Waals surface area contributed by atoms with Crippen molar-refractivity contribution in [1.29, 1.82) is 0 Å². The number of rotatable bonds is 2. The van der Waals surface area contributed by atoms with Crippen molar-refractivity contribution in [2.45, 2.75) is 75.4 Å². The van der Waals surface area contributed by atoms with Crippen molar-refractivity contribution in [2.75, 3.05) is 0 Å². The molecule has 0 radical (unpaired) electrons. The van der Waals surface area contributed by atoms with Gasteiger partial charge in [0.1, 0.15) is 6.29 Å². The molecule has 0 bridgehead atoms. The maximum atomic E-state index is 12.5. The van der Waals surface area contributed by atoms with Crippen molar-refractivity contribution < 1.29 is 19.4 Å². The first kappa shape index (κ1) is 19.3. The van der Waals surface area contributed by atoms with Gasteiger partial charge < -0.3 is 19.4 Å². The molecule has 5 rings (SSSR count). The van der Waals surface area contributed by atoms with E-state index in [0.29, 0.717) is 19.3 Å². The van der Waals surface area contributed by atoms with Gasteiger partial charge in [0.15, 0.2) is 0 Å². The van der Waals surface area contributed by atoms with E-state index in [1.807, 2.05) is 18.2 Å². The molecule has 0 aromatic carbocycles. The molecule has 0 unspecified atom stereocenters. The summed E-state index contributed by atoms with van der Waals surface area (Å²) in [6.45, 7) is 2.17. The van der Waals surface area contributed by atoms with Gasteiger partial charge in [-0.2, -0.15) is 0 Å². The van der Waals surface area contributed by atoms with E-state index in [0.717, 1.165) is 44.0 Å². The molecule has 4 aliphatic rings. The van der Waals surface area contributed by atoms with Gasteiger partial charge in [0.25, 0.3) is 0 Å². The van der Waals surface area contributed by atoms with E-state index in [1.165, 1.54) is 6.07 Å². The summed E-state index contributed by atoms with van der Waals surface area (Å²) in [5.74, 6) is 0.116. The molecule has 3 saturated carbocycles. The Balaban J connectivity index is 1.55. The summed E-state index contributed by atoms with van der Waals surface area (Å²) in [6.07, 6.45) is 12.2. The van der Waals surface area contributed by atoms with E-state index in [4.69, 9.17) is 4.42 Å². The van der Waals surface area contributed by atoms with Crippen LogP contribution >= 0.6 is 0 Å². The zero-order valence-electron chi connectivity index (χ0n) is 17.0. The molecule has 3 fully saturated rings. The zero-order valence-corrected chi connectivity index (χ0v) is 17.0. The second-order valence-corrected chi connectivity index (χ2v) is 10.1. The topological polar surface area (TPSA) is 87.7 Å². The van der Waals surface area contributed by atoms with Crippen LogP contribution < -0.4 is 5.63 Å². The zero-order chi connectivity index (χ0) is 20.5. The number of carbonyl (C=O) groups excluding carboxylic acids is 1. The van der Waals surface area contributed by atoms with Crippen molar-refractivity contribution in [2.24, 2.45) is 22.7 Å². The number of carbonyl (C=O) groups is 1. The number of aldehydes is 1. The molecule has 0 saturated heterocycles. The van der Waals surface area contributed by atoms with E-state index in [-0.39, 0.29) is 28.8 Å². The van der Waals surface area contributed by atoms with Crippen molar-refractivity contribution in [3.63, 3.8) is 0 Å². The van der Waals surface area contributed by atoms with Crippen LogP contribution in [0.4, 0.5) is 0 Å². The predicted molar refractivity (Wildman–Crippen MR) is 107 cm³/mol. The molecule has 4 aliphatic carbocycles. The molecule has 5 heteroatoms. The van der Waals surface area contributed by atoms with E-state index in [1.54, 1.807) is 6.26 Å². The summed E-state index contributed by atoms with van der Waals surface area (Å²) in [4.78, 5) is 23.9. The van der Waals surface area contributed by atoms with Crippen LogP contribution in [0.1, 0.15) is 69.8 Å². The second kappa shape index (κ2) is 6.14. The van der Waals surface area contributed by atoms with Crippen molar-refractivity contribution in [3.05, 3.63) is 46.5 Å². The van der Waals surface area contributed by atoms with Crippen LogP contribution in [-0.2, 0) is 4.79 Å². The highest BCUT2D eigenvalue weighted by Gasteiger charge is 2.70. The normalized spacial score (nSPS) is 48.4. The summed E-state index contributed by atoms with van der Waals surface area (Å²) >= 11 is 0. The van der Waals surface area contributed by atoms with Crippen LogP contribution in [0.2, 0.25) is 0 Å². The Bertz CT molecular complexity index is 900. The molecule has 0 spiro atoms. The van der Waals surface area contributed by atoms with Crippen molar-refractivity contribution in [3.8, 4) is 0 Å². The molecule has 1 aromatic rings. The molecule has 2 N–H and O–H groups in total. The van der Waals surface area contributed by atoms with E-state index < -0.39 is 16.6 Å². The Morgan fingerprint density at radius 1 is 1.07 bits per heavy atom.